The Balaban J connectivity index is 1.95. The minimum absolute atomic E-state index is 0.0698. The lowest BCUT2D eigenvalue weighted by Crippen LogP contribution is -2.46. The Morgan fingerprint density at radius 2 is 1.89 bits per heavy atom. The topological polar surface area (TPSA) is 48.0 Å². The van der Waals surface area contributed by atoms with Gasteiger partial charge in [-0.1, -0.05) is 0 Å². The lowest BCUT2D eigenvalue weighted by Gasteiger charge is -2.31. The van der Waals surface area contributed by atoms with Crippen LogP contribution in [-0.4, -0.2) is 48.7 Å². The van der Waals surface area contributed by atoms with Crippen LogP contribution >= 0.6 is 0 Å². The summed E-state index contributed by atoms with van der Waals surface area (Å²) in [7, 11) is 1.63. The number of likely N-dealkylation sites (tertiary alicyclic amines) is 1. The van der Waals surface area contributed by atoms with E-state index in [0.717, 1.165) is 25.7 Å². The first kappa shape index (κ1) is 14.6. The van der Waals surface area contributed by atoms with Crippen LogP contribution in [0, 0.1) is 0 Å². The fourth-order valence-electron chi connectivity index (χ4n) is 2.31. The first-order chi connectivity index (χ1) is 8.90. The Morgan fingerprint density at radius 3 is 2.42 bits per heavy atom. The molecule has 5 heteroatoms. The zero-order chi connectivity index (χ0) is 14.0. The van der Waals surface area contributed by atoms with Crippen LogP contribution in [0.5, 0.6) is 0 Å². The number of nitrogens with zero attached hydrogens (tertiary/aromatic N) is 1. The van der Waals surface area contributed by atoms with Gasteiger partial charge < -0.3 is 14.2 Å². The molecule has 2 aliphatic rings. The number of ether oxygens (including phenoxy) is 3. The predicted molar refractivity (Wildman–Crippen MR) is 70.9 cm³/mol. The number of methoxy groups -OCH3 is 1. The third-order valence-corrected chi connectivity index (χ3v) is 3.38. The Bertz CT molecular complexity index is 322. The van der Waals surface area contributed by atoms with E-state index in [9.17, 15) is 4.79 Å². The van der Waals surface area contributed by atoms with Gasteiger partial charge in [0.25, 0.3) is 0 Å². The molecule has 1 saturated carbocycles. The molecule has 0 spiro atoms. The maximum Gasteiger partial charge on any atom is 0.412 e. The van der Waals surface area contributed by atoms with Crippen LogP contribution < -0.4 is 0 Å². The third kappa shape index (κ3) is 4.08. The molecule has 2 rings (SSSR count). The van der Waals surface area contributed by atoms with Gasteiger partial charge in [-0.25, -0.2) is 4.79 Å². The lowest BCUT2D eigenvalue weighted by molar-refractivity contribution is -0.0529. The van der Waals surface area contributed by atoms with Crippen molar-refractivity contribution in [2.24, 2.45) is 0 Å². The summed E-state index contributed by atoms with van der Waals surface area (Å²) < 4.78 is 16.6. The number of carbonyl (C=O) groups is 1. The van der Waals surface area contributed by atoms with E-state index in [2.05, 4.69) is 0 Å². The van der Waals surface area contributed by atoms with Gasteiger partial charge in [0.05, 0.1) is 18.8 Å². The first-order valence-corrected chi connectivity index (χ1v) is 7.06. The zero-order valence-corrected chi connectivity index (χ0v) is 12.3. The van der Waals surface area contributed by atoms with E-state index in [-0.39, 0.29) is 18.4 Å². The van der Waals surface area contributed by atoms with Gasteiger partial charge in [0.1, 0.15) is 11.8 Å². The standard InChI is InChI=1S/C14H25NO4/c1-14(2,3)19-13(16)15-10(5-8-12(15)17-4)9-18-11-6-7-11/h10-12H,5-9H2,1-4H3. The van der Waals surface area contributed by atoms with Crippen molar-refractivity contribution in [1.29, 1.82) is 0 Å². The van der Waals surface area contributed by atoms with Gasteiger partial charge in [-0.3, -0.25) is 4.90 Å². The molecule has 19 heavy (non-hydrogen) atoms. The van der Waals surface area contributed by atoms with Gasteiger partial charge in [0.2, 0.25) is 0 Å². The molecule has 0 aromatic rings. The number of amides is 1. The van der Waals surface area contributed by atoms with Crippen molar-refractivity contribution in [3.63, 3.8) is 0 Å². The number of rotatable bonds is 4. The molecular weight excluding hydrogens is 246 g/mol. The summed E-state index contributed by atoms with van der Waals surface area (Å²) in [5.41, 5.74) is -0.486. The first-order valence-electron chi connectivity index (χ1n) is 7.06. The molecule has 1 heterocycles. The quantitative estimate of drug-likeness (QED) is 0.788. The second kappa shape index (κ2) is 5.67. The largest absolute Gasteiger partial charge is 0.444 e. The number of carbonyl (C=O) groups excluding carboxylic acids is 1. The summed E-state index contributed by atoms with van der Waals surface area (Å²) in [6.07, 6.45) is 3.95. The average Bonchev–Trinajstić information content (AvgIpc) is 3.03. The molecule has 0 aromatic heterocycles. The molecule has 0 bridgehead atoms. The number of hydrogen-bond donors (Lipinski definition) is 0. The van der Waals surface area contributed by atoms with Crippen molar-refractivity contribution >= 4 is 6.09 Å². The fourth-order valence-corrected chi connectivity index (χ4v) is 2.31. The predicted octanol–water partition coefficient (Wildman–Crippen LogP) is 2.54. The van der Waals surface area contributed by atoms with E-state index >= 15 is 0 Å². The van der Waals surface area contributed by atoms with Gasteiger partial charge in [0, 0.05) is 7.11 Å². The minimum atomic E-state index is -0.486. The minimum Gasteiger partial charge on any atom is -0.444 e. The molecule has 1 aliphatic carbocycles. The van der Waals surface area contributed by atoms with E-state index in [0.29, 0.717) is 12.7 Å². The van der Waals surface area contributed by atoms with Crippen molar-refractivity contribution in [3.8, 4) is 0 Å². The van der Waals surface area contributed by atoms with Crippen LogP contribution in [0.2, 0.25) is 0 Å². The summed E-state index contributed by atoms with van der Waals surface area (Å²) >= 11 is 0. The highest BCUT2D eigenvalue weighted by molar-refractivity contribution is 5.69. The monoisotopic (exact) mass is 271 g/mol. The van der Waals surface area contributed by atoms with Crippen LogP contribution in [0.15, 0.2) is 0 Å². The maximum absolute atomic E-state index is 12.3. The Morgan fingerprint density at radius 1 is 1.21 bits per heavy atom. The Hall–Kier alpha value is -0.810. The summed E-state index contributed by atoms with van der Waals surface area (Å²) in [5.74, 6) is 0. The van der Waals surface area contributed by atoms with Crippen molar-refractivity contribution in [1.82, 2.24) is 4.90 Å². The molecule has 0 aromatic carbocycles. The van der Waals surface area contributed by atoms with Gasteiger partial charge in [-0.15, -0.1) is 0 Å². The van der Waals surface area contributed by atoms with Crippen LogP contribution in [0.25, 0.3) is 0 Å². The normalized spacial score (nSPS) is 27.7. The highest BCUT2D eigenvalue weighted by Gasteiger charge is 2.40. The highest BCUT2D eigenvalue weighted by Crippen LogP contribution is 2.30. The summed E-state index contributed by atoms with van der Waals surface area (Å²) in [4.78, 5) is 14.0. The third-order valence-electron chi connectivity index (χ3n) is 3.38. The molecule has 2 atom stereocenters. The maximum atomic E-state index is 12.3. The van der Waals surface area contributed by atoms with Crippen LogP contribution in [0.4, 0.5) is 4.79 Å². The number of hydrogen-bond acceptors (Lipinski definition) is 4. The average molecular weight is 271 g/mol. The second-order valence-electron chi connectivity index (χ2n) is 6.34. The molecule has 1 amide bonds. The highest BCUT2D eigenvalue weighted by atomic mass is 16.6. The van der Waals surface area contributed by atoms with Crippen LogP contribution in [0.3, 0.4) is 0 Å². The van der Waals surface area contributed by atoms with E-state index < -0.39 is 5.60 Å². The molecule has 0 N–H and O–H groups in total. The summed E-state index contributed by atoms with van der Waals surface area (Å²) in [6, 6.07) is 0.0698. The van der Waals surface area contributed by atoms with Crippen molar-refractivity contribution in [3.05, 3.63) is 0 Å². The summed E-state index contributed by atoms with van der Waals surface area (Å²) in [5, 5.41) is 0. The van der Waals surface area contributed by atoms with Crippen molar-refractivity contribution in [2.75, 3.05) is 13.7 Å². The zero-order valence-electron chi connectivity index (χ0n) is 12.3. The molecule has 5 nitrogen and oxygen atoms in total. The molecule has 110 valence electrons. The van der Waals surface area contributed by atoms with Gasteiger partial charge in [-0.2, -0.15) is 0 Å². The molecule has 2 fully saturated rings. The van der Waals surface area contributed by atoms with Crippen molar-refractivity contribution in [2.45, 2.75) is 70.4 Å². The van der Waals surface area contributed by atoms with Crippen LogP contribution in [-0.2, 0) is 14.2 Å². The van der Waals surface area contributed by atoms with E-state index in [1.165, 1.54) is 0 Å². The smallest absolute Gasteiger partial charge is 0.412 e. The molecule has 2 unspecified atom stereocenters. The van der Waals surface area contributed by atoms with E-state index in [1.807, 2.05) is 20.8 Å². The van der Waals surface area contributed by atoms with Gasteiger partial charge in [-0.05, 0) is 46.5 Å². The molecule has 1 saturated heterocycles. The van der Waals surface area contributed by atoms with Crippen LogP contribution in [0.1, 0.15) is 46.5 Å². The SMILES string of the molecule is COC1CCC(COC2CC2)N1C(=O)OC(C)(C)C. The van der Waals surface area contributed by atoms with Gasteiger partial charge >= 0.3 is 6.09 Å². The summed E-state index contributed by atoms with van der Waals surface area (Å²) in [6.45, 7) is 6.21. The lowest BCUT2D eigenvalue weighted by atomic mass is 10.2. The molecular formula is C14H25NO4. The van der Waals surface area contributed by atoms with E-state index in [1.54, 1.807) is 12.0 Å². The second-order valence-corrected chi connectivity index (χ2v) is 6.34. The molecule has 0 radical (unpaired) electrons. The Kier molecular flexibility index (Phi) is 4.36. The molecule has 1 aliphatic heterocycles. The fraction of sp³-hybridized carbons (Fsp3) is 0.929. The van der Waals surface area contributed by atoms with Gasteiger partial charge in [0.15, 0.2) is 0 Å². The van der Waals surface area contributed by atoms with E-state index in [4.69, 9.17) is 14.2 Å². The Labute approximate surface area is 115 Å². The van der Waals surface area contributed by atoms with Crippen molar-refractivity contribution < 1.29 is 19.0 Å².